The Morgan fingerprint density at radius 3 is 2.47 bits per heavy atom. The van der Waals surface area contributed by atoms with Crippen LogP contribution in [-0.2, 0) is 10.0 Å². The fourth-order valence-corrected chi connectivity index (χ4v) is 2.28. The van der Waals surface area contributed by atoms with E-state index in [9.17, 15) is 8.42 Å². The average molecular weight is 286 g/mol. The molecule has 0 radical (unpaired) electrons. The highest BCUT2D eigenvalue weighted by Crippen LogP contribution is 2.13. The lowest BCUT2D eigenvalue weighted by Gasteiger charge is -2.11. The molecule has 0 amide bonds. The minimum Gasteiger partial charge on any atom is -0.369 e. The van der Waals surface area contributed by atoms with E-state index >= 15 is 0 Å². The molecule has 0 aromatic carbocycles. The summed E-state index contributed by atoms with van der Waals surface area (Å²) >= 11 is 0. The first-order chi connectivity index (χ1) is 8.98. The number of anilines is 1. The summed E-state index contributed by atoms with van der Waals surface area (Å²) in [5, 5.41) is 6.39. The maximum atomic E-state index is 11.8. The Balaban J connectivity index is 2.53. The van der Waals surface area contributed by atoms with Crippen LogP contribution < -0.4 is 10.6 Å². The van der Waals surface area contributed by atoms with Gasteiger partial charge in [0.2, 0.25) is 10.0 Å². The van der Waals surface area contributed by atoms with Crippen molar-refractivity contribution in [3.63, 3.8) is 0 Å². The Bertz CT molecular complexity index is 471. The van der Waals surface area contributed by atoms with Gasteiger partial charge in [-0.3, -0.25) is 0 Å². The van der Waals surface area contributed by atoms with E-state index in [1.165, 1.54) is 24.6 Å². The van der Waals surface area contributed by atoms with Crippen LogP contribution >= 0.6 is 0 Å². The standard InChI is InChI=1S/C12H22N4O2S/c1-4-7-13-8-9-14-12-6-5-11(10-15-12)19(17,18)16(2)3/h5-6,10,13H,4,7-9H2,1-3H3,(H,14,15). The molecule has 0 saturated carbocycles. The van der Waals surface area contributed by atoms with Crippen LogP contribution in [0.4, 0.5) is 5.82 Å². The molecule has 108 valence electrons. The van der Waals surface area contributed by atoms with Crippen molar-refractivity contribution in [3.8, 4) is 0 Å². The van der Waals surface area contributed by atoms with Gasteiger partial charge in [-0.2, -0.15) is 0 Å². The fraction of sp³-hybridized carbons (Fsp3) is 0.583. The molecule has 6 nitrogen and oxygen atoms in total. The largest absolute Gasteiger partial charge is 0.369 e. The first kappa shape index (κ1) is 15.9. The van der Waals surface area contributed by atoms with Crippen LogP contribution in [0.15, 0.2) is 23.2 Å². The molecule has 0 bridgehead atoms. The van der Waals surface area contributed by atoms with E-state index in [0.717, 1.165) is 26.1 Å². The van der Waals surface area contributed by atoms with Gasteiger partial charge in [-0.05, 0) is 25.1 Å². The molecule has 0 fully saturated rings. The van der Waals surface area contributed by atoms with Gasteiger partial charge in [0.25, 0.3) is 0 Å². The van der Waals surface area contributed by atoms with Crippen molar-refractivity contribution in [2.24, 2.45) is 0 Å². The molecular formula is C12H22N4O2S. The lowest BCUT2D eigenvalue weighted by Crippen LogP contribution is -2.23. The van der Waals surface area contributed by atoms with Crippen LogP contribution in [-0.4, -0.2) is 51.4 Å². The lowest BCUT2D eigenvalue weighted by molar-refractivity contribution is 0.520. The third-order valence-electron chi connectivity index (χ3n) is 2.55. The molecule has 0 spiro atoms. The van der Waals surface area contributed by atoms with Gasteiger partial charge in [-0.25, -0.2) is 17.7 Å². The van der Waals surface area contributed by atoms with Gasteiger partial charge in [0, 0.05) is 33.4 Å². The molecule has 1 aromatic rings. The molecule has 2 N–H and O–H groups in total. The van der Waals surface area contributed by atoms with E-state index in [2.05, 4.69) is 22.5 Å². The first-order valence-electron chi connectivity index (χ1n) is 6.31. The molecule has 0 unspecified atom stereocenters. The predicted molar refractivity (Wildman–Crippen MR) is 76.8 cm³/mol. The van der Waals surface area contributed by atoms with Gasteiger partial charge in [-0.15, -0.1) is 0 Å². The third kappa shape index (κ3) is 4.77. The number of hydrogen-bond donors (Lipinski definition) is 2. The highest BCUT2D eigenvalue weighted by molar-refractivity contribution is 7.89. The Kier molecular flexibility index (Phi) is 6.20. The predicted octanol–water partition coefficient (Wildman–Crippen LogP) is 0.743. The quantitative estimate of drug-likeness (QED) is 0.690. The van der Waals surface area contributed by atoms with Gasteiger partial charge in [-0.1, -0.05) is 6.92 Å². The van der Waals surface area contributed by atoms with Crippen LogP contribution in [0.3, 0.4) is 0 Å². The highest BCUT2D eigenvalue weighted by Gasteiger charge is 2.16. The number of aromatic nitrogens is 1. The Morgan fingerprint density at radius 1 is 1.21 bits per heavy atom. The molecule has 1 heterocycles. The van der Waals surface area contributed by atoms with Crippen molar-refractivity contribution in [1.29, 1.82) is 0 Å². The van der Waals surface area contributed by atoms with E-state index in [0.29, 0.717) is 5.82 Å². The summed E-state index contributed by atoms with van der Waals surface area (Å²) in [4.78, 5) is 4.30. The molecule has 0 aliphatic heterocycles. The molecule has 0 saturated heterocycles. The highest BCUT2D eigenvalue weighted by atomic mass is 32.2. The molecule has 7 heteroatoms. The van der Waals surface area contributed by atoms with Gasteiger partial charge in [0.05, 0.1) is 0 Å². The van der Waals surface area contributed by atoms with Crippen LogP contribution in [0.2, 0.25) is 0 Å². The van der Waals surface area contributed by atoms with Crippen molar-refractivity contribution >= 4 is 15.8 Å². The van der Waals surface area contributed by atoms with Gasteiger partial charge >= 0.3 is 0 Å². The smallest absolute Gasteiger partial charge is 0.244 e. The second-order valence-electron chi connectivity index (χ2n) is 4.34. The summed E-state index contributed by atoms with van der Waals surface area (Å²) in [6, 6.07) is 3.24. The topological polar surface area (TPSA) is 74.3 Å². The lowest BCUT2D eigenvalue weighted by atomic mass is 10.4. The molecule has 0 aliphatic carbocycles. The van der Waals surface area contributed by atoms with E-state index in [1.807, 2.05) is 0 Å². The molecule has 1 rings (SSSR count). The zero-order valence-electron chi connectivity index (χ0n) is 11.7. The first-order valence-corrected chi connectivity index (χ1v) is 7.75. The summed E-state index contributed by atoms with van der Waals surface area (Å²) in [6.45, 7) is 4.72. The van der Waals surface area contributed by atoms with Crippen LogP contribution in [0, 0.1) is 0 Å². The van der Waals surface area contributed by atoms with Crippen LogP contribution in [0.1, 0.15) is 13.3 Å². The second kappa shape index (κ2) is 7.42. The maximum Gasteiger partial charge on any atom is 0.244 e. The average Bonchev–Trinajstić information content (AvgIpc) is 2.39. The number of nitrogens with one attached hydrogen (secondary N) is 2. The van der Waals surface area contributed by atoms with Crippen LogP contribution in [0.25, 0.3) is 0 Å². The normalized spacial score (nSPS) is 11.8. The van der Waals surface area contributed by atoms with Gasteiger partial charge in [0.1, 0.15) is 10.7 Å². The second-order valence-corrected chi connectivity index (χ2v) is 6.50. The summed E-state index contributed by atoms with van der Waals surface area (Å²) in [7, 11) is -0.394. The Morgan fingerprint density at radius 2 is 1.95 bits per heavy atom. The number of sulfonamides is 1. The van der Waals surface area contributed by atoms with Crippen molar-refractivity contribution in [3.05, 3.63) is 18.3 Å². The molecule has 0 atom stereocenters. The molecular weight excluding hydrogens is 264 g/mol. The van der Waals surface area contributed by atoms with Gasteiger partial charge < -0.3 is 10.6 Å². The monoisotopic (exact) mass is 286 g/mol. The minimum atomic E-state index is -3.40. The van der Waals surface area contributed by atoms with Gasteiger partial charge in [0.15, 0.2) is 0 Å². The molecule has 19 heavy (non-hydrogen) atoms. The van der Waals surface area contributed by atoms with Crippen molar-refractivity contribution in [1.82, 2.24) is 14.6 Å². The van der Waals surface area contributed by atoms with E-state index in [-0.39, 0.29) is 4.90 Å². The molecule has 0 aliphatic rings. The number of hydrogen-bond acceptors (Lipinski definition) is 5. The van der Waals surface area contributed by atoms with E-state index in [1.54, 1.807) is 12.1 Å². The summed E-state index contributed by atoms with van der Waals surface area (Å²) in [5.74, 6) is 0.677. The summed E-state index contributed by atoms with van der Waals surface area (Å²) in [5.41, 5.74) is 0. The van der Waals surface area contributed by atoms with Crippen molar-refractivity contribution < 1.29 is 8.42 Å². The Labute approximate surface area is 115 Å². The van der Waals surface area contributed by atoms with E-state index in [4.69, 9.17) is 0 Å². The number of nitrogens with zero attached hydrogens (tertiary/aromatic N) is 2. The van der Waals surface area contributed by atoms with E-state index < -0.39 is 10.0 Å². The third-order valence-corrected chi connectivity index (χ3v) is 4.35. The SMILES string of the molecule is CCCNCCNc1ccc(S(=O)(=O)N(C)C)cn1. The zero-order chi connectivity index (χ0) is 14.3. The summed E-state index contributed by atoms with van der Waals surface area (Å²) < 4.78 is 24.8. The number of pyridine rings is 1. The van der Waals surface area contributed by atoms with Crippen molar-refractivity contribution in [2.45, 2.75) is 18.2 Å². The fourth-order valence-electron chi connectivity index (χ4n) is 1.43. The van der Waals surface area contributed by atoms with Crippen LogP contribution in [0.5, 0.6) is 0 Å². The molecule has 1 aromatic heterocycles. The zero-order valence-corrected chi connectivity index (χ0v) is 12.5. The summed E-state index contributed by atoms with van der Waals surface area (Å²) in [6.07, 6.45) is 2.48. The maximum absolute atomic E-state index is 11.8. The van der Waals surface area contributed by atoms with Crippen molar-refractivity contribution in [2.75, 3.05) is 39.0 Å². The minimum absolute atomic E-state index is 0.201. The Hall–Kier alpha value is -1.18. The number of rotatable bonds is 8.